The van der Waals surface area contributed by atoms with E-state index >= 15 is 0 Å². The molecule has 0 radical (unpaired) electrons. The van der Waals surface area contributed by atoms with Crippen molar-refractivity contribution in [2.24, 2.45) is 0 Å². The van der Waals surface area contributed by atoms with Crippen LogP contribution in [0.5, 0.6) is 0 Å². The molecular formula is C25H38N2O6Si. The van der Waals surface area contributed by atoms with Crippen molar-refractivity contribution in [1.29, 1.82) is 0 Å². The Morgan fingerprint density at radius 1 is 1.15 bits per heavy atom. The second kappa shape index (κ2) is 9.91. The molecule has 8 nitrogen and oxygen atoms in total. The van der Waals surface area contributed by atoms with Gasteiger partial charge in [-0.05, 0) is 44.5 Å². The minimum absolute atomic E-state index is 0.111. The highest BCUT2D eigenvalue weighted by atomic mass is 28.4. The number of H-pyrrole nitrogens is 1. The minimum atomic E-state index is -2.36. The van der Waals surface area contributed by atoms with Gasteiger partial charge in [0.1, 0.15) is 12.2 Å². The van der Waals surface area contributed by atoms with Gasteiger partial charge in [-0.2, -0.15) is 0 Å². The van der Waals surface area contributed by atoms with Crippen LogP contribution >= 0.6 is 0 Å². The van der Waals surface area contributed by atoms with Gasteiger partial charge in [-0.1, -0.05) is 51.1 Å². The summed E-state index contributed by atoms with van der Waals surface area (Å²) in [7, 11) is -2.36. The number of aromatic amines is 1. The van der Waals surface area contributed by atoms with Crippen molar-refractivity contribution < 1.29 is 18.6 Å². The first-order chi connectivity index (χ1) is 15.7. The molecule has 1 aromatic carbocycles. The first-order valence-electron chi connectivity index (χ1n) is 11.7. The molecular weight excluding hydrogens is 452 g/mol. The Kier molecular flexibility index (Phi) is 7.74. The quantitative estimate of drug-likeness (QED) is 0.560. The Hall–Kier alpha value is -2.04. The lowest BCUT2D eigenvalue weighted by Crippen LogP contribution is -2.50. The van der Waals surface area contributed by atoms with Gasteiger partial charge < -0.3 is 18.6 Å². The van der Waals surface area contributed by atoms with Crippen LogP contribution in [-0.4, -0.2) is 42.5 Å². The molecule has 3 rings (SSSR count). The Morgan fingerprint density at radius 3 is 2.41 bits per heavy atom. The van der Waals surface area contributed by atoms with Crippen molar-refractivity contribution in [1.82, 2.24) is 9.55 Å². The maximum Gasteiger partial charge on any atom is 0.330 e. The Bertz CT molecular complexity index is 1090. The summed E-state index contributed by atoms with van der Waals surface area (Å²) in [5, 5.41) is -0.111. The summed E-state index contributed by atoms with van der Waals surface area (Å²) in [5.41, 5.74) is 0.507. The molecule has 1 saturated heterocycles. The van der Waals surface area contributed by atoms with Gasteiger partial charge in [-0.25, -0.2) is 4.79 Å². The van der Waals surface area contributed by atoms with Gasteiger partial charge in [0, 0.05) is 11.8 Å². The molecule has 3 atom stereocenters. The van der Waals surface area contributed by atoms with Crippen molar-refractivity contribution in [3.8, 4) is 0 Å². The molecule has 1 aromatic heterocycles. The summed E-state index contributed by atoms with van der Waals surface area (Å²) >= 11 is 0. The first kappa shape index (κ1) is 26.6. The van der Waals surface area contributed by atoms with Gasteiger partial charge in [-0.3, -0.25) is 14.3 Å². The molecule has 188 valence electrons. The van der Waals surface area contributed by atoms with Crippen LogP contribution in [-0.2, 0) is 25.2 Å². The lowest BCUT2D eigenvalue weighted by atomic mass is 10.2. The maximum atomic E-state index is 12.9. The molecule has 0 saturated carbocycles. The molecule has 1 N–H and O–H groups in total. The van der Waals surface area contributed by atoms with Gasteiger partial charge in [0.25, 0.3) is 5.56 Å². The van der Waals surface area contributed by atoms with E-state index in [4.69, 9.17) is 18.6 Å². The van der Waals surface area contributed by atoms with Crippen molar-refractivity contribution in [3.05, 3.63) is 68.5 Å². The molecule has 2 aromatic rings. The third kappa shape index (κ3) is 6.14. The van der Waals surface area contributed by atoms with E-state index in [0.717, 1.165) is 5.56 Å². The van der Waals surface area contributed by atoms with Crippen LogP contribution in [0.15, 0.2) is 46.1 Å². The Labute approximate surface area is 202 Å². The van der Waals surface area contributed by atoms with Gasteiger partial charge in [0.2, 0.25) is 0 Å². The first-order valence-corrected chi connectivity index (χ1v) is 14.6. The average Bonchev–Trinajstić information content (AvgIpc) is 3.03. The zero-order chi connectivity index (χ0) is 25.3. The number of hydrogen-bond donors (Lipinski definition) is 1. The largest absolute Gasteiger partial charge is 0.395 e. The molecule has 1 aliphatic rings. The summed E-state index contributed by atoms with van der Waals surface area (Å²) < 4.78 is 26.7. The summed E-state index contributed by atoms with van der Waals surface area (Å²) in [4.78, 5) is 27.4. The fraction of sp³-hybridized carbons (Fsp3) is 0.600. The molecule has 9 heteroatoms. The number of aromatic nitrogens is 2. The second-order valence-corrected chi connectivity index (χ2v) is 15.6. The van der Waals surface area contributed by atoms with E-state index in [1.165, 1.54) is 10.8 Å². The van der Waals surface area contributed by atoms with E-state index in [2.05, 4.69) is 38.8 Å². The average molecular weight is 491 g/mol. The number of nitrogens with one attached hydrogen (secondary N) is 1. The summed E-state index contributed by atoms with van der Waals surface area (Å²) in [6.07, 6.45) is -0.359. The Morgan fingerprint density at radius 2 is 1.79 bits per heavy atom. The molecule has 34 heavy (non-hydrogen) atoms. The van der Waals surface area contributed by atoms with Gasteiger partial charge >= 0.3 is 5.69 Å². The fourth-order valence-corrected chi connectivity index (χ4v) is 4.84. The molecule has 0 spiro atoms. The highest BCUT2D eigenvalue weighted by Gasteiger charge is 2.50. The number of nitrogens with zero attached hydrogens (tertiary/aromatic N) is 1. The summed E-state index contributed by atoms with van der Waals surface area (Å²) in [6.45, 7) is 16.7. The standard InChI is InChI=1S/C25H38N2O6Si/c1-17-14-27(23(29)26-21(17)28)22(33-34(7,8)24(2,3)4)20-19(31-25(5,6)32-20)16-30-15-18-12-10-9-11-13-18/h9-14,19-20,22H,15-16H2,1-8H3,(H,26,28,29)/t19-,20+,22+/m1/s1. The lowest BCUT2D eigenvalue weighted by molar-refractivity contribution is -0.162. The molecule has 2 heterocycles. The smallest absolute Gasteiger partial charge is 0.330 e. The number of rotatable bonds is 8. The molecule has 0 unspecified atom stereocenters. The monoisotopic (exact) mass is 490 g/mol. The third-order valence-corrected chi connectivity index (χ3v) is 11.0. The van der Waals surface area contributed by atoms with Crippen LogP contribution in [0.1, 0.15) is 52.0 Å². The molecule has 1 fully saturated rings. The van der Waals surface area contributed by atoms with Crippen molar-refractivity contribution in [2.75, 3.05) is 6.61 Å². The molecule has 0 aliphatic carbocycles. The lowest BCUT2D eigenvalue weighted by Gasteiger charge is -2.41. The highest BCUT2D eigenvalue weighted by Crippen LogP contribution is 2.42. The topological polar surface area (TPSA) is 91.8 Å². The Balaban J connectivity index is 1.95. The molecule has 1 aliphatic heterocycles. The van der Waals surface area contributed by atoms with Crippen LogP contribution in [0.2, 0.25) is 18.1 Å². The maximum absolute atomic E-state index is 12.9. The highest BCUT2D eigenvalue weighted by molar-refractivity contribution is 6.74. The van der Waals surface area contributed by atoms with E-state index in [9.17, 15) is 9.59 Å². The zero-order valence-electron chi connectivity index (χ0n) is 21.5. The van der Waals surface area contributed by atoms with Crippen molar-refractivity contribution in [3.63, 3.8) is 0 Å². The van der Waals surface area contributed by atoms with Crippen molar-refractivity contribution >= 4 is 8.32 Å². The van der Waals surface area contributed by atoms with Crippen LogP contribution in [0.4, 0.5) is 0 Å². The van der Waals surface area contributed by atoms with Crippen LogP contribution in [0.25, 0.3) is 0 Å². The van der Waals surface area contributed by atoms with E-state index in [0.29, 0.717) is 12.2 Å². The normalized spacial score (nSPS) is 21.5. The third-order valence-electron chi connectivity index (χ3n) is 6.54. The molecule has 0 amide bonds. The van der Waals surface area contributed by atoms with E-state index in [1.54, 1.807) is 6.92 Å². The minimum Gasteiger partial charge on any atom is -0.395 e. The number of ether oxygens (including phenoxy) is 3. The number of hydrogen-bond acceptors (Lipinski definition) is 6. The molecule has 0 bridgehead atoms. The van der Waals surface area contributed by atoms with E-state index in [-0.39, 0.29) is 11.6 Å². The van der Waals surface area contributed by atoms with Crippen LogP contribution in [0, 0.1) is 6.92 Å². The number of benzene rings is 1. The SMILES string of the molecule is Cc1cn([C@@H](O[Si](C)(C)C(C)(C)C)[C@H]2OC(C)(C)O[C@@H]2COCc2ccccc2)c(=O)[nH]c1=O. The van der Waals surface area contributed by atoms with Gasteiger partial charge in [0.15, 0.2) is 20.3 Å². The fourth-order valence-electron chi connectivity index (χ4n) is 3.64. The van der Waals surface area contributed by atoms with E-state index < -0.39 is 43.8 Å². The van der Waals surface area contributed by atoms with Crippen LogP contribution < -0.4 is 11.2 Å². The summed E-state index contributed by atoms with van der Waals surface area (Å²) in [5.74, 6) is -0.888. The second-order valence-electron chi connectivity index (χ2n) is 10.9. The zero-order valence-corrected chi connectivity index (χ0v) is 22.5. The predicted octanol–water partition coefficient (Wildman–Crippen LogP) is 4.10. The number of aryl methyl sites for hydroxylation is 1. The summed E-state index contributed by atoms with van der Waals surface area (Å²) in [6, 6.07) is 9.89. The van der Waals surface area contributed by atoms with Gasteiger partial charge in [-0.15, -0.1) is 0 Å². The van der Waals surface area contributed by atoms with E-state index in [1.807, 2.05) is 44.2 Å². The van der Waals surface area contributed by atoms with Gasteiger partial charge in [0.05, 0.1) is 13.2 Å². The van der Waals surface area contributed by atoms with Crippen LogP contribution in [0.3, 0.4) is 0 Å². The van der Waals surface area contributed by atoms with Crippen molar-refractivity contribution in [2.45, 2.75) is 90.5 Å². The predicted molar refractivity (Wildman–Crippen MR) is 133 cm³/mol.